The molecule has 5 amide bonds. The smallest absolute Gasteiger partial charge is 0.377 e. The van der Waals surface area contributed by atoms with E-state index in [-0.39, 0.29) is 83.2 Å². The number of rotatable bonds is 20. The second-order valence-corrected chi connectivity index (χ2v) is 20.4. The van der Waals surface area contributed by atoms with Crippen LogP contribution >= 0.6 is 0 Å². The van der Waals surface area contributed by atoms with E-state index in [1.165, 1.54) is 12.4 Å². The number of amides is 5. The van der Waals surface area contributed by atoms with Gasteiger partial charge >= 0.3 is 6.18 Å². The zero-order valence-electron chi connectivity index (χ0n) is 41.7. The van der Waals surface area contributed by atoms with Gasteiger partial charge in [-0.25, -0.2) is 9.97 Å². The van der Waals surface area contributed by atoms with Crippen molar-refractivity contribution in [2.24, 2.45) is 17.8 Å². The predicted molar refractivity (Wildman–Crippen MR) is 261 cm³/mol. The van der Waals surface area contributed by atoms with Gasteiger partial charge in [0, 0.05) is 88.0 Å². The fraction of sp³-hybridized carbons (Fsp3) is 0.647. The highest BCUT2D eigenvalue weighted by atomic mass is 19.4. The maximum absolute atomic E-state index is 14.1. The summed E-state index contributed by atoms with van der Waals surface area (Å²) in [7, 11) is 3.80. The van der Waals surface area contributed by atoms with Crippen molar-refractivity contribution in [2.45, 2.75) is 120 Å². The molecule has 72 heavy (non-hydrogen) atoms. The van der Waals surface area contributed by atoms with Crippen LogP contribution in [-0.2, 0) is 39.6 Å². The SMILES string of the molecule is CC(C)N(C)[C@@H]1CC[C@H](N2CC[C@H](Nc3ncnc4ccc(C(F)(F)F)cc34)C2=O)[C@H](NC(=O)C2CCC(N3CC(C(=O)NCCOCCOCCNC(=O)[C@H]4CC(=O)N(C)[C@@H]4c4cccnc4)C3)CC2)C1. The average molecular weight is 1010 g/mol. The summed E-state index contributed by atoms with van der Waals surface area (Å²) in [5, 5.41) is 12.6. The molecule has 4 N–H and O–H groups in total. The molecule has 0 unspecified atom stereocenters. The van der Waals surface area contributed by atoms with E-state index in [1.54, 1.807) is 30.4 Å². The van der Waals surface area contributed by atoms with Gasteiger partial charge in [0.1, 0.15) is 18.2 Å². The number of carbonyl (C=O) groups is 5. The monoisotopic (exact) mass is 1010 g/mol. The van der Waals surface area contributed by atoms with E-state index < -0.39 is 23.7 Å². The minimum absolute atomic E-state index is 0.0000769. The molecule has 0 bridgehead atoms. The molecule has 5 heterocycles. The highest BCUT2D eigenvalue weighted by Crippen LogP contribution is 2.38. The number of likely N-dealkylation sites (tertiary alicyclic amines) is 3. The molecule has 21 heteroatoms. The van der Waals surface area contributed by atoms with Crippen molar-refractivity contribution >= 4 is 46.3 Å². The lowest BCUT2D eigenvalue weighted by molar-refractivity contribution is -0.137. The maximum Gasteiger partial charge on any atom is 0.416 e. The van der Waals surface area contributed by atoms with Gasteiger partial charge < -0.3 is 45.4 Å². The number of aromatic nitrogens is 3. The standard InChI is InChI=1S/C51H70F3N11O7/c1-31(2)62(3)37-12-14-43(65-19-15-41(50(65)70)60-46-38-24-35(51(52,53)54)9-13-40(38)58-30-59-46)42(25-37)61-48(68)32-7-10-36(11-8-32)64-28-34(29-64)47(67)56-17-20-71-22-23-72-21-18-57-49(69)39-26-44(66)63(4)45(39)33-6-5-16-55-27-33/h5-6,9,13,16,24,27,30-32,34,36-37,39,41-43,45H,7-8,10-12,14-15,17-23,25-26,28-29H2,1-4H3,(H,56,67)(H,57,69)(H,61,68)(H,58,59,60)/t32?,36?,37-,39+,41+,42-,43+,45-/m1/s1. The normalized spacial score (nSPS) is 26.3. The molecule has 8 rings (SSSR count). The van der Waals surface area contributed by atoms with E-state index in [2.05, 4.69) is 66.9 Å². The Balaban J connectivity index is 0.720. The largest absolute Gasteiger partial charge is 0.416 e. The molecule has 5 aliphatic rings. The maximum atomic E-state index is 14.1. The minimum Gasteiger partial charge on any atom is -0.377 e. The number of hydrogen-bond donors (Lipinski definition) is 4. The van der Waals surface area contributed by atoms with Gasteiger partial charge in [-0.2, -0.15) is 13.2 Å². The Hall–Kier alpha value is -5.51. The Morgan fingerprint density at radius 2 is 1.60 bits per heavy atom. The van der Waals surface area contributed by atoms with Gasteiger partial charge in [-0.3, -0.25) is 33.9 Å². The number of alkyl halides is 3. The molecule has 1 aromatic carbocycles. The van der Waals surface area contributed by atoms with Crippen molar-refractivity contribution in [3.8, 4) is 0 Å². The number of anilines is 1. The summed E-state index contributed by atoms with van der Waals surface area (Å²) in [5.41, 5.74) is 0.343. The van der Waals surface area contributed by atoms with E-state index in [4.69, 9.17) is 9.47 Å². The van der Waals surface area contributed by atoms with Crippen molar-refractivity contribution in [2.75, 3.05) is 78.6 Å². The first kappa shape index (κ1) is 52.8. The average Bonchev–Trinajstić information content (AvgIpc) is 3.87. The van der Waals surface area contributed by atoms with Crippen LogP contribution in [0.25, 0.3) is 10.9 Å². The minimum atomic E-state index is -4.54. The number of benzene rings is 1. The van der Waals surface area contributed by atoms with E-state index >= 15 is 0 Å². The second kappa shape index (κ2) is 23.6. The van der Waals surface area contributed by atoms with Crippen LogP contribution in [0.2, 0.25) is 0 Å². The zero-order valence-corrected chi connectivity index (χ0v) is 41.7. The lowest BCUT2D eigenvalue weighted by atomic mass is 9.81. The lowest BCUT2D eigenvalue weighted by Gasteiger charge is -2.46. The molecule has 0 radical (unpaired) electrons. The molecule has 3 saturated heterocycles. The van der Waals surface area contributed by atoms with E-state index in [1.807, 2.05) is 11.0 Å². The zero-order chi connectivity index (χ0) is 51.1. The Morgan fingerprint density at radius 1 is 0.875 bits per heavy atom. The summed E-state index contributed by atoms with van der Waals surface area (Å²) < 4.78 is 52.1. The number of nitrogens with zero attached hydrogens (tertiary/aromatic N) is 7. The van der Waals surface area contributed by atoms with E-state index in [0.29, 0.717) is 96.0 Å². The van der Waals surface area contributed by atoms with Gasteiger partial charge in [0.2, 0.25) is 29.5 Å². The summed E-state index contributed by atoms with van der Waals surface area (Å²) in [5.74, 6) is -1.02. The first-order chi connectivity index (χ1) is 34.6. The Bertz CT molecular complexity index is 2370. The van der Waals surface area contributed by atoms with Crippen molar-refractivity contribution in [1.29, 1.82) is 0 Å². The molecule has 0 spiro atoms. The molecule has 2 saturated carbocycles. The van der Waals surface area contributed by atoms with Crippen LogP contribution in [0.3, 0.4) is 0 Å². The molecule has 5 fully saturated rings. The quantitative estimate of drug-likeness (QED) is 0.119. The van der Waals surface area contributed by atoms with Crippen LogP contribution < -0.4 is 21.3 Å². The highest BCUT2D eigenvalue weighted by molar-refractivity contribution is 5.93. The summed E-state index contributed by atoms with van der Waals surface area (Å²) in [4.78, 5) is 87.0. The van der Waals surface area contributed by atoms with Gasteiger partial charge in [-0.15, -0.1) is 0 Å². The molecule has 3 aromatic rings. The van der Waals surface area contributed by atoms with Crippen LogP contribution in [0, 0.1) is 17.8 Å². The van der Waals surface area contributed by atoms with Crippen LogP contribution in [0.1, 0.15) is 88.8 Å². The van der Waals surface area contributed by atoms with Crippen LogP contribution in [-0.4, -0.2) is 174 Å². The summed E-state index contributed by atoms with van der Waals surface area (Å²) in [6.07, 6.45) is 6.09. The summed E-state index contributed by atoms with van der Waals surface area (Å²) in [6, 6.07) is 6.25. The van der Waals surface area contributed by atoms with Gasteiger partial charge in [0.15, 0.2) is 0 Å². The van der Waals surface area contributed by atoms with Gasteiger partial charge in [-0.1, -0.05) is 6.07 Å². The number of halogens is 3. The Kier molecular flexibility index (Phi) is 17.3. The molecule has 3 aliphatic heterocycles. The van der Waals surface area contributed by atoms with Crippen LogP contribution in [0.4, 0.5) is 19.0 Å². The summed E-state index contributed by atoms with van der Waals surface area (Å²) >= 11 is 0. The third-order valence-electron chi connectivity index (χ3n) is 15.7. The summed E-state index contributed by atoms with van der Waals surface area (Å²) in [6.45, 7) is 8.08. The van der Waals surface area contributed by atoms with Gasteiger partial charge in [0.25, 0.3) is 0 Å². The number of ether oxygens (including phenoxy) is 2. The predicted octanol–water partition coefficient (Wildman–Crippen LogP) is 3.78. The van der Waals surface area contributed by atoms with Crippen molar-refractivity contribution < 1.29 is 46.6 Å². The van der Waals surface area contributed by atoms with Crippen molar-refractivity contribution in [3.63, 3.8) is 0 Å². The number of hydrogen-bond acceptors (Lipinski definition) is 13. The van der Waals surface area contributed by atoms with Gasteiger partial charge in [0.05, 0.1) is 67.5 Å². The van der Waals surface area contributed by atoms with Crippen molar-refractivity contribution in [1.82, 2.24) is 50.5 Å². The van der Waals surface area contributed by atoms with Gasteiger partial charge in [-0.05, 0) is 102 Å². The second-order valence-electron chi connectivity index (χ2n) is 20.4. The van der Waals surface area contributed by atoms with Crippen LogP contribution in [0.5, 0.6) is 0 Å². The highest BCUT2D eigenvalue weighted by Gasteiger charge is 2.46. The molecular weight excluding hydrogens is 936 g/mol. The number of pyridine rings is 1. The van der Waals surface area contributed by atoms with E-state index in [9.17, 15) is 37.1 Å². The number of nitrogens with one attached hydrogen (secondary N) is 4. The molecule has 6 atom stereocenters. The molecular formula is C51H70F3N11O7. The Morgan fingerprint density at radius 3 is 2.28 bits per heavy atom. The third kappa shape index (κ3) is 12.5. The number of fused-ring (bicyclic) bond motifs is 1. The first-order valence-electron chi connectivity index (χ1n) is 25.6. The molecule has 18 nitrogen and oxygen atoms in total. The fourth-order valence-corrected chi connectivity index (χ4v) is 11.3. The van der Waals surface area contributed by atoms with Crippen LogP contribution in [0.15, 0.2) is 49.1 Å². The first-order valence-corrected chi connectivity index (χ1v) is 25.6. The lowest BCUT2D eigenvalue weighted by Crippen LogP contribution is -2.60. The molecule has 2 aliphatic carbocycles. The third-order valence-corrected chi connectivity index (χ3v) is 15.7. The molecule has 2 aromatic heterocycles. The fourth-order valence-electron chi connectivity index (χ4n) is 11.3. The number of carbonyl (C=O) groups excluding carboxylic acids is 5. The van der Waals surface area contributed by atoms with Crippen molar-refractivity contribution in [3.05, 3.63) is 60.2 Å². The molecule has 392 valence electrons. The topological polar surface area (TPSA) is 204 Å². The van der Waals surface area contributed by atoms with E-state index in [0.717, 1.165) is 49.8 Å². The Labute approximate surface area is 418 Å².